The van der Waals surface area contributed by atoms with Crippen molar-refractivity contribution in [2.75, 3.05) is 17.6 Å². The van der Waals surface area contributed by atoms with Crippen LogP contribution in [0.25, 0.3) is 0 Å². The summed E-state index contributed by atoms with van der Waals surface area (Å²) < 4.78 is 0. The lowest BCUT2D eigenvalue weighted by Gasteiger charge is -2.11. The van der Waals surface area contributed by atoms with Crippen LogP contribution in [0.15, 0.2) is 83.8 Å². The summed E-state index contributed by atoms with van der Waals surface area (Å²) in [7, 11) is 0. The molecule has 0 heterocycles. The molecule has 0 bridgehead atoms. The fourth-order valence-corrected chi connectivity index (χ4v) is 5.06. The Balaban J connectivity index is 1.29. The van der Waals surface area contributed by atoms with Crippen molar-refractivity contribution < 1.29 is 0 Å². The number of nitrogens with one attached hydrogen (secondary N) is 2. The van der Waals surface area contributed by atoms with Crippen molar-refractivity contribution in [3.63, 3.8) is 0 Å². The standard InChI is InChI=1S/C24H25ClN2S3/c25-23-10-5-4-7-20(23)18-29-16-6-15-26-24(28)27-21-13-11-19(12-14-21)17-30-22-8-2-1-3-9-22/h1-5,7-14H,6,15-18H2,(H2,26,27,28). The van der Waals surface area contributed by atoms with Crippen molar-refractivity contribution in [3.05, 3.63) is 95.0 Å². The molecule has 0 aromatic heterocycles. The molecule has 0 fully saturated rings. The minimum absolute atomic E-state index is 0.664. The predicted octanol–water partition coefficient (Wildman–Crippen LogP) is 7.24. The third-order valence-corrected chi connectivity index (χ3v) is 7.12. The van der Waals surface area contributed by atoms with Gasteiger partial charge in [-0.2, -0.15) is 11.8 Å². The summed E-state index contributed by atoms with van der Waals surface area (Å²) in [5.74, 6) is 2.96. The maximum Gasteiger partial charge on any atom is 0.170 e. The summed E-state index contributed by atoms with van der Waals surface area (Å²) in [6.45, 7) is 0.854. The van der Waals surface area contributed by atoms with E-state index >= 15 is 0 Å². The highest BCUT2D eigenvalue weighted by Crippen LogP contribution is 2.23. The van der Waals surface area contributed by atoms with E-state index in [9.17, 15) is 0 Å². The van der Waals surface area contributed by atoms with Gasteiger partial charge in [0, 0.05) is 33.7 Å². The molecule has 3 aromatic carbocycles. The molecule has 3 aromatic rings. The maximum absolute atomic E-state index is 6.19. The van der Waals surface area contributed by atoms with Gasteiger partial charge in [0.05, 0.1) is 0 Å². The zero-order chi connectivity index (χ0) is 21.0. The molecule has 0 radical (unpaired) electrons. The van der Waals surface area contributed by atoms with Gasteiger partial charge in [-0.1, -0.05) is 60.1 Å². The molecule has 0 unspecified atom stereocenters. The van der Waals surface area contributed by atoms with Crippen LogP contribution in [0.3, 0.4) is 0 Å². The van der Waals surface area contributed by atoms with Crippen LogP contribution in [0.4, 0.5) is 5.69 Å². The van der Waals surface area contributed by atoms with E-state index in [4.69, 9.17) is 23.8 Å². The average Bonchev–Trinajstić information content (AvgIpc) is 2.77. The molecule has 6 heteroatoms. The van der Waals surface area contributed by atoms with Crippen molar-refractivity contribution in [1.29, 1.82) is 0 Å². The fourth-order valence-electron chi connectivity index (χ4n) is 2.72. The minimum Gasteiger partial charge on any atom is -0.362 e. The molecule has 0 aliphatic carbocycles. The van der Waals surface area contributed by atoms with Gasteiger partial charge in [0.2, 0.25) is 0 Å². The first-order valence-electron chi connectivity index (χ1n) is 9.83. The van der Waals surface area contributed by atoms with Crippen molar-refractivity contribution >= 4 is 58.1 Å². The van der Waals surface area contributed by atoms with Gasteiger partial charge in [-0.15, -0.1) is 11.8 Å². The predicted molar refractivity (Wildman–Crippen MR) is 139 cm³/mol. The van der Waals surface area contributed by atoms with Crippen LogP contribution in [-0.4, -0.2) is 17.4 Å². The normalized spacial score (nSPS) is 10.6. The fraction of sp³-hybridized carbons (Fsp3) is 0.208. The number of thioether (sulfide) groups is 2. The molecule has 2 N–H and O–H groups in total. The van der Waals surface area contributed by atoms with Gasteiger partial charge in [0.1, 0.15) is 0 Å². The second-order valence-corrected chi connectivity index (χ2v) is 9.65. The van der Waals surface area contributed by atoms with Gasteiger partial charge < -0.3 is 10.6 Å². The van der Waals surface area contributed by atoms with Gasteiger partial charge in [0.15, 0.2) is 5.11 Å². The second-order valence-electron chi connectivity index (χ2n) is 6.68. The topological polar surface area (TPSA) is 24.1 Å². The number of anilines is 1. The molecule has 2 nitrogen and oxygen atoms in total. The number of rotatable bonds is 10. The largest absolute Gasteiger partial charge is 0.362 e. The molecule has 0 amide bonds. The number of benzene rings is 3. The van der Waals surface area contributed by atoms with Gasteiger partial charge >= 0.3 is 0 Å². The molecule has 3 rings (SSSR count). The number of hydrogen-bond acceptors (Lipinski definition) is 3. The zero-order valence-corrected chi connectivity index (χ0v) is 19.8. The molecule has 0 saturated carbocycles. The Bertz CT molecular complexity index is 917. The number of halogens is 1. The van der Waals surface area contributed by atoms with Crippen LogP contribution in [0.5, 0.6) is 0 Å². The monoisotopic (exact) mass is 472 g/mol. The van der Waals surface area contributed by atoms with Crippen LogP contribution in [0.1, 0.15) is 17.5 Å². The SMILES string of the molecule is S=C(NCCCSCc1ccccc1Cl)Nc1ccc(CSc2ccccc2)cc1. The van der Waals surface area contributed by atoms with E-state index in [2.05, 4.69) is 65.2 Å². The first-order valence-corrected chi connectivity index (χ1v) is 12.8. The Hall–Kier alpha value is -1.66. The Morgan fingerprint density at radius 2 is 1.60 bits per heavy atom. The lowest BCUT2D eigenvalue weighted by molar-refractivity contribution is 0.854. The summed E-state index contributed by atoms with van der Waals surface area (Å²) in [5.41, 5.74) is 3.50. The van der Waals surface area contributed by atoms with E-state index in [1.165, 1.54) is 16.0 Å². The Morgan fingerprint density at radius 1 is 0.867 bits per heavy atom. The quantitative estimate of drug-likeness (QED) is 0.184. The summed E-state index contributed by atoms with van der Waals surface area (Å²) in [6, 6.07) is 26.9. The minimum atomic E-state index is 0.664. The maximum atomic E-state index is 6.19. The molecule has 156 valence electrons. The zero-order valence-electron chi connectivity index (χ0n) is 16.6. The number of thiocarbonyl (C=S) groups is 1. The van der Waals surface area contributed by atoms with E-state index in [0.29, 0.717) is 5.11 Å². The van der Waals surface area contributed by atoms with E-state index in [1.54, 1.807) is 0 Å². The average molecular weight is 473 g/mol. The molecule has 0 spiro atoms. The molecular weight excluding hydrogens is 448 g/mol. The second kappa shape index (κ2) is 12.9. The Kier molecular flexibility index (Phi) is 9.90. The van der Waals surface area contributed by atoms with E-state index in [-0.39, 0.29) is 0 Å². The van der Waals surface area contributed by atoms with Crippen LogP contribution in [0, 0.1) is 0 Å². The van der Waals surface area contributed by atoms with Crippen molar-refractivity contribution in [3.8, 4) is 0 Å². The summed E-state index contributed by atoms with van der Waals surface area (Å²) in [4.78, 5) is 1.29. The van der Waals surface area contributed by atoms with E-state index < -0.39 is 0 Å². The molecule has 0 atom stereocenters. The summed E-state index contributed by atoms with van der Waals surface area (Å²) in [5, 5.41) is 8.05. The lowest BCUT2D eigenvalue weighted by atomic mass is 10.2. The first-order chi connectivity index (χ1) is 14.7. The molecule has 0 aliphatic rings. The summed E-state index contributed by atoms with van der Waals surface area (Å²) in [6.07, 6.45) is 1.05. The van der Waals surface area contributed by atoms with Crippen LogP contribution >= 0.6 is 47.3 Å². The molecule has 0 aliphatic heterocycles. The smallest absolute Gasteiger partial charge is 0.170 e. The van der Waals surface area contributed by atoms with Gasteiger partial charge in [0.25, 0.3) is 0 Å². The molecule has 0 saturated heterocycles. The van der Waals surface area contributed by atoms with Crippen LogP contribution in [-0.2, 0) is 11.5 Å². The molecule has 30 heavy (non-hydrogen) atoms. The highest BCUT2D eigenvalue weighted by molar-refractivity contribution is 7.98. The lowest BCUT2D eigenvalue weighted by Crippen LogP contribution is -2.29. The van der Waals surface area contributed by atoms with Crippen molar-refractivity contribution in [2.45, 2.75) is 22.8 Å². The van der Waals surface area contributed by atoms with Gasteiger partial charge in [-0.3, -0.25) is 0 Å². The molecular formula is C24H25ClN2S3. The first kappa shape index (κ1) is 23.0. The number of hydrogen-bond donors (Lipinski definition) is 2. The van der Waals surface area contributed by atoms with Gasteiger partial charge in [-0.05, 0) is 65.9 Å². The van der Waals surface area contributed by atoms with Crippen molar-refractivity contribution in [2.24, 2.45) is 0 Å². The van der Waals surface area contributed by atoms with E-state index in [1.807, 2.05) is 47.8 Å². The van der Waals surface area contributed by atoms with Crippen molar-refractivity contribution in [1.82, 2.24) is 5.32 Å². The Morgan fingerprint density at radius 3 is 2.37 bits per heavy atom. The van der Waals surface area contributed by atoms with Crippen LogP contribution < -0.4 is 10.6 Å². The third-order valence-electron chi connectivity index (χ3n) is 4.33. The highest BCUT2D eigenvalue weighted by atomic mass is 35.5. The highest BCUT2D eigenvalue weighted by Gasteiger charge is 2.01. The van der Waals surface area contributed by atoms with E-state index in [0.717, 1.165) is 40.9 Å². The Labute approximate surface area is 198 Å². The van der Waals surface area contributed by atoms with Crippen LogP contribution in [0.2, 0.25) is 5.02 Å². The third kappa shape index (κ3) is 8.23. The van der Waals surface area contributed by atoms with Gasteiger partial charge in [-0.25, -0.2) is 0 Å². The summed E-state index contributed by atoms with van der Waals surface area (Å²) >= 11 is 15.3.